The van der Waals surface area contributed by atoms with Crippen molar-refractivity contribution in [2.45, 2.75) is 25.8 Å². The molecule has 0 aliphatic heterocycles. The minimum atomic E-state index is -4.43. The Morgan fingerprint density at radius 3 is 2.24 bits per heavy atom. The summed E-state index contributed by atoms with van der Waals surface area (Å²) in [6, 6.07) is 4.15. The molecule has 0 atom stereocenters. The molecule has 114 valence electrons. The van der Waals surface area contributed by atoms with Crippen LogP contribution in [0.1, 0.15) is 18.2 Å². The number of alkyl halides is 5. The van der Waals surface area contributed by atoms with Gasteiger partial charge < -0.3 is 9.15 Å². The van der Waals surface area contributed by atoms with Gasteiger partial charge in [-0.05, 0) is 24.3 Å². The Balaban J connectivity index is 2.11. The van der Waals surface area contributed by atoms with Crippen molar-refractivity contribution in [3.8, 4) is 11.5 Å². The Kier molecular flexibility index (Phi) is 3.99. The van der Waals surface area contributed by atoms with E-state index in [-0.39, 0.29) is 11.6 Å². The van der Waals surface area contributed by atoms with Crippen LogP contribution in [0.5, 0.6) is 0 Å². The van der Waals surface area contributed by atoms with E-state index >= 15 is 0 Å². The van der Waals surface area contributed by atoms with Gasteiger partial charge in [-0.25, -0.2) is 4.98 Å². The van der Waals surface area contributed by atoms with Crippen molar-refractivity contribution in [2.24, 2.45) is 0 Å². The third-order valence-electron chi connectivity index (χ3n) is 2.48. The highest BCUT2D eigenvalue weighted by atomic mass is 19.4. The Labute approximate surface area is 116 Å². The maximum atomic E-state index is 12.5. The second-order valence-electron chi connectivity index (χ2n) is 4.32. The SMILES string of the molecule is CC(F)(F)OCc1coc(-c2ccc(C(F)(F)F)cc2)n1. The molecule has 21 heavy (non-hydrogen) atoms. The number of hydrogen-bond donors (Lipinski definition) is 0. The van der Waals surface area contributed by atoms with Crippen LogP contribution in [-0.2, 0) is 17.5 Å². The number of oxazole rings is 1. The summed E-state index contributed by atoms with van der Waals surface area (Å²) in [6.45, 7) is 0.123. The Hall–Kier alpha value is -1.96. The molecule has 0 saturated carbocycles. The molecule has 2 aromatic rings. The van der Waals surface area contributed by atoms with Crippen LogP contribution < -0.4 is 0 Å². The van der Waals surface area contributed by atoms with E-state index in [1.165, 1.54) is 12.1 Å². The summed E-state index contributed by atoms with van der Waals surface area (Å²) in [5.74, 6) is 0.0294. The molecule has 1 aromatic carbocycles. The standard InChI is InChI=1S/C13H10F5NO2/c1-12(14,15)21-7-10-6-20-11(19-10)8-2-4-9(5-3-8)13(16,17)18/h2-6H,7H2,1H3. The van der Waals surface area contributed by atoms with Crippen molar-refractivity contribution in [1.29, 1.82) is 0 Å². The number of aromatic nitrogens is 1. The third kappa shape index (κ3) is 4.25. The number of rotatable bonds is 4. The molecule has 0 unspecified atom stereocenters. The topological polar surface area (TPSA) is 35.3 Å². The molecule has 0 fully saturated rings. The maximum Gasteiger partial charge on any atom is 0.416 e. The average molecular weight is 307 g/mol. The van der Waals surface area contributed by atoms with Crippen LogP contribution in [-0.4, -0.2) is 11.1 Å². The largest absolute Gasteiger partial charge is 0.444 e. The lowest BCUT2D eigenvalue weighted by Crippen LogP contribution is -2.14. The average Bonchev–Trinajstić information content (AvgIpc) is 2.83. The highest BCUT2D eigenvalue weighted by Crippen LogP contribution is 2.30. The maximum absolute atomic E-state index is 12.5. The van der Waals surface area contributed by atoms with E-state index in [1.54, 1.807) is 0 Å². The predicted octanol–water partition coefficient (Wildman–Crippen LogP) is 4.49. The van der Waals surface area contributed by atoms with E-state index in [0.717, 1.165) is 18.4 Å². The van der Waals surface area contributed by atoms with Crippen LogP contribution in [0.2, 0.25) is 0 Å². The minimum Gasteiger partial charge on any atom is -0.444 e. The quantitative estimate of drug-likeness (QED) is 0.781. The second kappa shape index (κ2) is 5.44. The van der Waals surface area contributed by atoms with Gasteiger partial charge in [-0.15, -0.1) is 0 Å². The Morgan fingerprint density at radius 2 is 1.71 bits per heavy atom. The summed E-state index contributed by atoms with van der Waals surface area (Å²) < 4.78 is 71.5. The molecule has 1 heterocycles. The molecule has 0 aliphatic rings. The van der Waals surface area contributed by atoms with Crippen LogP contribution in [0.4, 0.5) is 22.0 Å². The van der Waals surface area contributed by atoms with Gasteiger partial charge in [0.1, 0.15) is 12.0 Å². The van der Waals surface area contributed by atoms with Gasteiger partial charge in [-0.3, -0.25) is 0 Å². The lowest BCUT2D eigenvalue weighted by molar-refractivity contribution is -0.231. The first-order valence-electron chi connectivity index (χ1n) is 5.79. The van der Waals surface area contributed by atoms with E-state index in [1.807, 2.05) is 0 Å². The second-order valence-corrected chi connectivity index (χ2v) is 4.32. The van der Waals surface area contributed by atoms with E-state index in [2.05, 4.69) is 9.72 Å². The zero-order chi connectivity index (χ0) is 15.7. The van der Waals surface area contributed by atoms with Gasteiger partial charge in [-0.2, -0.15) is 22.0 Å². The number of hydrogen-bond acceptors (Lipinski definition) is 3. The summed E-state index contributed by atoms with van der Waals surface area (Å²) in [4.78, 5) is 3.87. The van der Waals surface area contributed by atoms with Crippen molar-refractivity contribution < 1.29 is 31.1 Å². The fourth-order valence-corrected chi connectivity index (χ4v) is 1.51. The molecular weight excluding hydrogens is 297 g/mol. The molecule has 0 aliphatic carbocycles. The number of halogens is 5. The smallest absolute Gasteiger partial charge is 0.416 e. The first kappa shape index (κ1) is 15.4. The van der Waals surface area contributed by atoms with Gasteiger partial charge in [-0.1, -0.05) is 0 Å². The first-order valence-corrected chi connectivity index (χ1v) is 5.79. The van der Waals surface area contributed by atoms with Gasteiger partial charge in [0.2, 0.25) is 5.89 Å². The van der Waals surface area contributed by atoms with E-state index in [0.29, 0.717) is 12.5 Å². The monoisotopic (exact) mass is 307 g/mol. The summed E-state index contributed by atoms with van der Waals surface area (Å²) in [5, 5.41) is 0. The Bertz CT molecular complexity index is 598. The van der Waals surface area contributed by atoms with Gasteiger partial charge in [0.05, 0.1) is 12.2 Å². The molecule has 0 amide bonds. The highest BCUT2D eigenvalue weighted by molar-refractivity contribution is 5.53. The zero-order valence-electron chi connectivity index (χ0n) is 10.7. The molecule has 0 N–H and O–H groups in total. The molecule has 3 nitrogen and oxygen atoms in total. The lowest BCUT2D eigenvalue weighted by atomic mass is 10.1. The fraction of sp³-hybridized carbons (Fsp3) is 0.308. The lowest BCUT2D eigenvalue weighted by Gasteiger charge is -2.08. The van der Waals surface area contributed by atoms with E-state index < -0.39 is 24.5 Å². The van der Waals surface area contributed by atoms with Gasteiger partial charge in [0, 0.05) is 12.5 Å². The van der Waals surface area contributed by atoms with Gasteiger partial charge in [0.15, 0.2) is 0 Å². The van der Waals surface area contributed by atoms with Gasteiger partial charge >= 0.3 is 12.3 Å². The zero-order valence-corrected chi connectivity index (χ0v) is 10.7. The summed E-state index contributed by atoms with van der Waals surface area (Å²) in [7, 11) is 0. The van der Waals surface area contributed by atoms with E-state index in [4.69, 9.17) is 4.42 Å². The fourth-order valence-electron chi connectivity index (χ4n) is 1.51. The highest BCUT2D eigenvalue weighted by Gasteiger charge is 2.30. The molecule has 1 aromatic heterocycles. The number of nitrogens with zero attached hydrogens (tertiary/aromatic N) is 1. The summed E-state index contributed by atoms with van der Waals surface area (Å²) >= 11 is 0. The molecule has 0 spiro atoms. The molecule has 0 bridgehead atoms. The summed E-state index contributed by atoms with van der Waals surface area (Å²) in [6.07, 6.45) is -6.62. The Morgan fingerprint density at radius 1 is 1.10 bits per heavy atom. The molecule has 0 saturated heterocycles. The van der Waals surface area contributed by atoms with Crippen LogP contribution in [0.3, 0.4) is 0 Å². The van der Waals surface area contributed by atoms with Crippen molar-refractivity contribution in [3.63, 3.8) is 0 Å². The van der Waals surface area contributed by atoms with Crippen molar-refractivity contribution in [2.75, 3.05) is 0 Å². The molecular formula is C13H10F5NO2. The van der Waals surface area contributed by atoms with Crippen LogP contribution in [0.15, 0.2) is 34.9 Å². The predicted molar refractivity (Wildman–Crippen MR) is 62.4 cm³/mol. The first-order chi connectivity index (χ1) is 9.65. The van der Waals surface area contributed by atoms with Crippen molar-refractivity contribution >= 4 is 0 Å². The molecule has 8 heteroatoms. The van der Waals surface area contributed by atoms with Crippen molar-refractivity contribution in [3.05, 3.63) is 41.8 Å². The van der Waals surface area contributed by atoms with Crippen LogP contribution in [0, 0.1) is 0 Å². The summed E-state index contributed by atoms with van der Waals surface area (Å²) in [5.41, 5.74) is -0.379. The minimum absolute atomic E-state index is 0.0294. The number of ether oxygens (including phenoxy) is 1. The third-order valence-corrected chi connectivity index (χ3v) is 2.48. The van der Waals surface area contributed by atoms with E-state index in [9.17, 15) is 22.0 Å². The van der Waals surface area contributed by atoms with Crippen LogP contribution in [0.25, 0.3) is 11.5 Å². The van der Waals surface area contributed by atoms with Crippen molar-refractivity contribution in [1.82, 2.24) is 4.98 Å². The van der Waals surface area contributed by atoms with Crippen LogP contribution >= 0.6 is 0 Å². The molecule has 0 radical (unpaired) electrons. The van der Waals surface area contributed by atoms with Gasteiger partial charge in [0.25, 0.3) is 0 Å². The number of benzene rings is 1. The normalized spacial score (nSPS) is 12.7. The molecule has 2 rings (SSSR count).